The van der Waals surface area contributed by atoms with Crippen molar-refractivity contribution in [2.45, 2.75) is 98.4 Å². The van der Waals surface area contributed by atoms with Gasteiger partial charge in [-0.1, -0.05) is 39.3 Å². The molecule has 192 valence electrons. The number of ether oxygens (including phenoxy) is 1. The number of carbonyl (C=O) groups is 3. The average molecular weight is 478 g/mol. The van der Waals surface area contributed by atoms with Crippen molar-refractivity contribution in [2.75, 3.05) is 6.54 Å². The van der Waals surface area contributed by atoms with Gasteiger partial charge in [-0.3, -0.25) is 9.59 Å². The topological polar surface area (TPSA) is 108 Å². The Morgan fingerprint density at radius 3 is 2.09 bits per heavy atom. The van der Waals surface area contributed by atoms with Crippen molar-refractivity contribution in [3.05, 3.63) is 29.8 Å². The zero-order valence-electron chi connectivity index (χ0n) is 22.0. The fourth-order valence-corrected chi connectivity index (χ4v) is 3.76. The summed E-state index contributed by atoms with van der Waals surface area (Å²) < 4.78 is 5.37. The Labute approximate surface area is 204 Å². The molecule has 8 heteroatoms. The van der Waals surface area contributed by atoms with Crippen molar-refractivity contribution in [1.82, 2.24) is 15.5 Å². The van der Waals surface area contributed by atoms with Crippen molar-refractivity contribution in [2.24, 2.45) is 5.92 Å². The summed E-state index contributed by atoms with van der Waals surface area (Å²) >= 11 is 0. The molecule has 0 bridgehead atoms. The highest BCUT2D eigenvalue weighted by Crippen LogP contribution is 2.25. The SMILES string of the molecule is CCCC(C)NC(=O)C(c1ccc(O)cc1)N(CC)C(=O)C(CC(C)C)NC(=O)OC(C)(C)C. The van der Waals surface area contributed by atoms with Crippen molar-refractivity contribution in [3.63, 3.8) is 0 Å². The lowest BCUT2D eigenvalue weighted by molar-refractivity contribution is -0.142. The van der Waals surface area contributed by atoms with E-state index in [-0.39, 0.29) is 36.1 Å². The van der Waals surface area contributed by atoms with Gasteiger partial charge in [0.25, 0.3) is 0 Å². The highest BCUT2D eigenvalue weighted by molar-refractivity contribution is 5.92. The van der Waals surface area contributed by atoms with E-state index in [4.69, 9.17) is 4.74 Å². The van der Waals surface area contributed by atoms with Crippen molar-refractivity contribution >= 4 is 17.9 Å². The Hall–Kier alpha value is -2.77. The Morgan fingerprint density at radius 2 is 1.62 bits per heavy atom. The number of hydrogen-bond donors (Lipinski definition) is 3. The molecule has 1 aromatic rings. The molecule has 0 saturated carbocycles. The number of alkyl carbamates (subject to hydrolysis) is 1. The molecule has 0 heterocycles. The zero-order valence-corrected chi connectivity index (χ0v) is 22.0. The van der Waals surface area contributed by atoms with Gasteiger partial charge >= 0.3 is 6.09 Å². The predicted molar refractivity (Wildman–Crippen MR) is 133 cm³/mol. The minimum Gasteiger partial charge on any atom is -0.508 e. The smallest absolute Gasteiger partial charge is 0.408 e. The number of aromatic hydroxyl groups is 1. The van der Waals surface area contributed by atoms with Crippen molar-refractivity contribution in [1.29, 1.82) is 0 Å². The highest BCUT2D eigenvalue weighted by Gasteiger charge is 2.36. The standard InChI is InChI=1S/C26H43N3O5/c1-9-11-18(5)27-23(31)22(19-12-14-20(30)15-13-19)29(10-2)24(32)21(16-17(3)4)28-25(33)34-26(6,7)8/h12-15,17-18,21-22,30H,9-11,16H2,1-8H3,(H,27,31)(H,28,33). The van der Waals surface area contributed by atoms with Crippen LogP contribution >= 0.6 is 0 Å². The Bertz CT molecular complexity index is 802. The van der Waals surface area contributed by atoms with Crippen LogP contribution < -0.4 is 10.6 Å². The lowest BCUT2D eigenvalue weighted by atomic mass is 9.99. The lowest BCUT2D eigenvalue weighted by Gasteiger charge is -2.34. The maximum Gasteiger partial charge on any atom is 0.408 e. The number of carbonyl (C=O) groups excluding carboxylic acids is 3. The summed E-state index contributed by atoms with van der Waals surface area (Å²) in [6.45, 7) is 15.2. The van der Waals surface area contributed by atoms with Crippen molar-refractivity contribution in [3.8, 4) is 5.75 Å². The molecule has 0 aliphatic heterocycles. The largest absolute Gasteiger partial charge is 0.508 e. The molecule has 0 aliphatic rings. The van der Waals surface area contributed by atoms with Crippen LogP contribution in [-0.4, -0.2) is 52.1 Å². The highest BCUT2D eigenvalue weighted by atomic mass is 16.6. The van der Waals surface area contributed by atoms with Crippen LogP contribution in [0.15, 0.2) is 24.3 Å². The number of likely N-dealkylation sites (N-methyl/N-ethyl adjacent to an activating group) is 1. The number of nitrogens with zero attached hydrogens (tertiary/aromatic N) is 1. The Kier molecular flexibility index (Phi) is 11.4. The number of phenols is 1. The second kappa shape index (κ2) is 13.2. The summed E-state index contributed by atoms with van der Waals surface area (Å²) in [5.41, 5.74) is -0.126. The van der Waals surface area contributed by atoms with E-state index in [0.29, 0.717) is 12.0 Å². The van der Waals surface area contributed by atoms with Crippen molar-refractivity contribution < 1.29 is 24.2 Å². The van der Waals surface area contributed by atoms with E-state index in [1.165, 1.54) is 17.0 Å². The third-order valence-corrected chi connectivity index (χ3v) is 5.20. The maximum absolute atomic E-state index is 13.7. The van der Waals surface area contributed by atoms with Crippen LogP contribution in [0.4, 0.5) is 4.79 Å². The Morgan fingerprint density at radius 1 is 1.03 bits per heavy atom. The third kappa shape index (κ3) is 9.61. The molecular weight excluding hydrogens is 434 g/mol. The van der Waals surface area contributed by atoms with Gasteiger partial charge in [-0.25, -0.2) is 4.79 Å². The van der Waals surface area contributed by atoms with Crippen LogP contribution in [0, 0.1) is 5.92 Å². The average Bonchev–Trinajstić information content (AvgIpc) is 2.70. The van der Waals surface area contributed by atoms with Gasteiger partial charge in [0.2, 0.25) is 11.8 Å². The van der Waals surface area contributed by atoms with Crippen LogP contribution in [0.25, 0.3) is 0 Å². The van der Waals surface area contributed by atoms with Crippen LogP contribution in [0.3, 0.4) is 0 Å². The molecule has 0 spiro atoms. The van der Waals surface area contributed by atoms with Gasteiger partial charge in [-0.2, -0.15) is 0 Å². The van der Waals surface area contributed by atoms with Crippen LogP contribution in [-0.2, 0) is 14.3 Å². The van der Waals surface area contributed by atoms with Gasteiger partial charge < -0.3 is 25.4 Å². The summed E-state index contributed by atoms with van der Waals surface area (Å²) in [5, 5.41) is 15.5. The molecule has 3 unspecified atom stereocenters. The molecule has 34 heavy (non-hydrogen) atoms. The van der Waals surface area contributed by atoms with E-state index >= 15 is 0 Å². The first-order valence-electron chi connectivity index (χ1n) is 12.2. The monoisotopic (exact) mass is 477 g/mol. The summed E-state index contributed by atoms with van der Waals surface area (Å²) in [7, 11) is 0. The first kappa shape index (κ1) is 29.3. The summed E-state index contributed by atoms with van der Waals surface area (Å²) in [5.74, 6) is -0.477. The molecule has 0 saturated heterocycles. The normalized spacial score (nSPS) is 14.1. The van der Waals surface area contributed by atoms with Crippen LogP contribution in [0.2, 0.25) is 0 Å². The number of phenolic OH excluding ortho intramolecular Hbond substituents is 1. The molecule has 3 amide bonds. The number of amides is 3. The first-order chi connectivity index (χ1) is 15.8. The molecule has 3 N–H and O–H groups in total. The summed E-state index contributed by atoms with van der Waals surface area (Å²) in [4.78, 5) is 41.1. The molecule has 0 radical (unpaired) electrons. The molecular formula is C26H43N3O5. The minimum absolute atomic E-state index is 0.0581. The van der Waals surface area contributed by atoms with Gasteiger partial charge in [-0.15, -0.1) is 0 Å². The van der Waals surface area contributed by atoms with E-state index in [1.54, 1.807) is 39.8 Å². The first-order valence-corrected chi connectivity index (χ1v) is 12.2. The fraction of sp³-hybridized carbons (Fsp3) is 0.654. The molecule has 8 nitrogen and oxygen atoms in total. The predicted octanol–water partition coefficient (Wildman–Crippen LogP) is 4.53. The minimum atomic E-state index is -0.910. The van der Waals surface area contributed by atoms with Gasteiger partial charge in [0, 0.05) is 12.6 Å². The van der Waals surface area contributed by atoms with Gasteiger partial charge in [0.1, 0.15) is 23.4 Å². The number of rotatable bonds is 11. The van der Waals surface area contributed by atoms with E-state index < -0.39 is 23.8 Å². The molecule has 0 aromatic heterocycles. The number of nitrogens with one attached hydrogen (secondary N) is 2. The second-order valence-corrected chi connectivity index (χ2v) is 10.1. The fourth-order valence-electron chi connectivity index (χ4n) is 3.76. The molecule has 1 aromatic carbocycles. The van der Waals surface area contributed by atoms with Gasteiger partial charge in [0.05, 0.1) is 0 Å². The lowest BCUT2D eigenvalue weighted by Crippen LogP contribution is -2.53. The molecule has 1 rings (SSSR count). The maximum atomic E-state index is 13.7. The van der Waals surface area contributed by atoms with E-state index in [1.807, 2.05) is 27.7 Å². The van der Waals surface area contributed by atoms with E-state index in [9.17, 15) is 19.5 Å². The zero-order chi connectivity index (χ0) is 26.1. The van der Waals surface area contributed by atoms with Crippen LogP contribution in [0.5, 0.6) is 5.75 Å². The van der Waals surface area contributed by atoms with Gasteiger partial charge in [0.15, 0.2) is 0 Å². The van der Waals surface area contributed by atoms with Crippen LogP contribution in [0.1, 0.15) is 86.3 Å². The number of benzene rings is 1. The van der Waals surface area contributed by atoms with E-state index in [2.05, 4.69) is 10.6 Å². The second-order valence-electron chi connectivity index (χ2n) is 10.1. The Balaban J connectivity index is 3.33. The molecule has 3 atom stereocenters. The third-order valence-electron chi connectivity index (χ3n) is 5.20. The summed E-state index contributed by atoms with van der Waals surface area (Å²) in [6.07, 6.45) is 1.44. The quantitative estimate of drug-likeness (QED) is 0.434. The molecule has 0 aliphatic carbocycles. The van der Waals surface area contributed by atoms with E-state index in [0.717, 1.165) is 12.8 Å². The van der Waals surface area contributed by atoms with Gasteiger partial charge in [-0.05, 0) is 71.1 Å². The number of hydrogen-bond acceptors (Lipinski definition) is 5. The summed E-state index contributed by atoms with van der Waals surface area (Å²) in [6, 6.07) is 4.44. The molecule has 0 fully saturated rings.